The van der Waals surface area contributed by atoms with E-state index in [9.17, 15) is 0 Å². The summed E-state index contributed by atoms with van der Waals surface area (Å²) in [6, 6.07) is 56.3. The molecule has 3 aliphatic rings. The van der Waals surface area contributed by atoms with Gasteiger partial charge in [0.05, 0.1) is 6.67 Å². The van der Waals surface area contributed by atoms with Gasteiger partial charge in [0.1, 0.15) is 11.5 Å². The SMILES string of the molecule is CC(C)(C)c1cccc(-c2cccc3c2[N@@+]2(c4cc(C(C)(C)C)cc(C(C)(C)C)c4)[CH-][N@+]3(c3[c-]c(C(C)(C)c4[c-]c5c(cc4)c4ccccc4n5-c4cc(C(C)(C)C)ccn4)ccc3)C2)c1.[Pt]. The first-order chi connectivity index (χ1) is 30.9. The molecule has 3 aliphatic heterocycles. The molecule has 0 N–H and O–H groups in total. The van der Waals surface area contributed by atoms with Crippen LogP contribution in [-0.4, -0.2) is 16.2 Å². The van der Waals surface area contributed by atoms with Crippen molar-refractivity contribution >= 4 is 44.6 Å². The Morgan fingerprint density at radius 2 is 1.15 bits per heavy atom. The molecule has 4 nitrogen and oxygen atoms in total. The number of aromatic nitrogens is 2. The Balaban J connectivity index is 0.00000562. The second kappa shape index (κ2) is 15.7. The summed E-state index contributed by atoms with van der Waals surface area (Å²) in [5.41, 5.74) is 17.1. The van der Waals surface area contributed by atoms with Gasteiger partial charge in [0.15, 0.2) is 18.0 Å². The van der Waals surface area contributed by atoms with Gasteiger partial charge in [-0.1, -0.05) is 157 Å². The van der Waals surface area contributed by atoms with Crippen molar-refractivity contribution in [1.82, 2.24) is 18.5 Å². The fraction of sp³-hybridized carbons (Fsp3) is 0.323. The quantitative estimate of drug-likeness (QED) is 0.120. The van der Waals surface area contributed by atoms with Crippen molar-refractivity contribution in [2.24, 2.45) is 0 Å². The Morgan fingerprint density at radius 1 is 0.537 bits per heavy atom. The minimum Gasteiger partial charge on any atom is -0.319 e. The van der Waals surface area contributed by atoms with Crippen molar-refractivity contribution < 1.29 is 21.1 Å². The van der Waals surface area contributed by atoms with Crippen LogP contribution in [0.3, 0.4) is 0 Å². The van der Waals surface area contributed by atoms with Crippen molar-refractivity contribution in [3.8, 4) is 16.9 Å². The van der Waals surface area contributed by atoms with Gasteiger partial charge in [-0.15, -0.1) is 23.1 Å². The first-order valence-electron chi connectivity index (χ1n) is 23.9. The van der Waals surface area contributed by atoms with Crippen LogP contribution in [0.4, 0.5) is 22.7 Å². The first-order valence-corrected chi connectivity index (χ1v) is 23.9. The van der Waals surface area contributed by atoms with Crippen LogP contribution in [0.1, 0.15) is 130 Å². The largest absolute Gasteiger partial charge is 0.319 e. The molecule has 0 spiro atoms. The number of pyridine rings is 1. The summed E-state index contributed by atoms with van der Waals surface area (Å²) in [6.07, 6.45) is 1.95. The predicted octanol–water partition coefficient (Wildman–Crippen LogP) is 16.3. The van der Waals surface area contributed by atoms with E-state index in [1.54, 1.807) is 0 Å². The van der Waals surface area contributed by atoms with Gasteiger partial charge in [-0.25, -0.2) is 4.98 Å². The molecular weight excluding hydrogens is 996 g/mol. The fourth-order valence-electron chi connectivity index (χ4n) is 10.5. The van der Waals surface area contributed by atoms with Crippen LogP contribution in [0, 0.1) is 18.8 Å². The number of hydrogen-bond donors (Lipinski definition) is 0. The maximum Gasteiger partial charge on any atom is 0.187 e. The predicted molar refractivity (Wildman–Crippen MR) is 280 cm³/mol. The van der Waals surface area contributed by atoms with Crippen LogP contribution in [-0.2, 0) is 48.1 Å². The average molecular weight is 1060 g/mol. The minimum atomic E-state index is -0.415. The molecule has 2 bridgehead atoms. The molecule has 2 aromatic heterocycles. The van der Waals surface area contributed by atoms with Gasteiger partial charge < -0.3 is 9.05 Å². The molecule has 8 aromatic rings. The van der Waals surface area contributed by atoms with Gasteiger partial charge in [-0.2, -0.15) is 35.9 Å². The number of quaternary nitrogens is 2. The second-order valence-corrected chi connectivity index (χ2v) is 24.0. The maximum atomic E-state index is 4.96. The summed E-state index contributed by atoms with van der Waals surface area (Å²) in [4.78, 5) is 4.96. The molecule has 1 fully saturated rings. The summed E-state index contributed by atoms with van der Waals surface area (Å²) in [6.45, 7) is 35.9. The zero-order valence-electron chi connectivity index (χ0n) is 42.1. The van der Waals surface area contributed by atoms with Gasteiger partial charge in [0.2, 0.25) is 0 Å². The van der Waals surface area contributed by atoms with Crippen LogP contribution >= 0.6 is 0 Å². The van der Waals surface area contributed by atoms with Crippen LogP contribution in [0.5, 0.6) is 0 Å². The number of rotatable bonds is 6. The van der Waals surface area contributed by atoms with E-state index in [2.05, 4.69) is 248 Å². The van der Waals surface area contributed by atoms with Crippen molar-refractivity contribution in [3.05, 3.63) is 186 Å². The number of hydrogen-bond acceptors (Lipinski definition) is 1. The summed E-state index contributed by atoms with van der Waals surface area (Å²) < 4.78 is 3.61. The molecule has 67 heavy (non-hydrogen) atoms. The average Bonchev–Trinajstić information content (AvgIpc) is 3.87. The Morgan fingerprint density at radius 3 is 1.82 bits per heavy atom. The van der Waals surface area contributed by atoms with Crippen molar-refractivity contribution in [2.45, 2.75) is 124 Å². The van der Waals surface area contributed by atoms with E-state index in [1.165, 1.54) is 61.2 Å². The van der Waals surface area contributed by atoms with E-state index in [1.807, 2.05) is 6.20 Å². The van der Waals surface area contributed by atoms with E-state index in [0.717, 1.165) is 40.3 Å². The zero-order chi connectivity index (χ0) is 47.0. The third-order valence-corrected chi connectivity index (χ3v) is 14.8. The summed E-state index contributed by atoms with van der Waals surface area (Å²) in [5.74, 6) is 0.916. The van der Waals surface area contributed by atoms with Crippen LogP contribution < -0.4 is 8.97 Å². The second-order valence-electron chi connectivity index (χ2n) is 24.0. The maximum absolute atomic E-state index is 4.96. The Bertz CT molecular complexity index is 3190. The fourth-order valence-corrected chi connectivity index (χ4v) is 10.5. The standard InChI is InChI=1S/C62H67N4.Pt/c1-58(2,3)42-21-17-20-41(32-42)50-25-19-27-55-57(50)66(49-35-46(60(7,8)9)33-47(36-49)61(10,11)12)39-65(55,40-66)48-23-18-22-44(34-48)62(13,14)45-28-29-52-51-24-15-16-26-53(51)64(54(52)37-45)56-38-43(30-31-63-56)59(4,5)6;/h15-33,35-36,38-39H,40H2,1-14H3;/q-1;/t65-,66+;/m1./s1. The molecule has 1 saturated heterocycles. The van der Waals surface area contributed by atoms with E-state index < -0.39 is 5.41 Å². The molecule has 5 heteroatoms. The topological polar surface area (TPSA) is 17.8 Å². The molecular formula is C62H67N4Pt-. The smallest absolute Gasteiger partial charge is 0.187 e. The Labute approximate surface area is 415 Å². The van der Waals surface area contributed by atoms with Gasteiger partial charge in [0.25, 0.3) is 0 Å². The zero-order valence-corrected chi connectivity index (χ0v) is 44.4. The summed E-state index contributed by atoms with van der Waals surface area (Å²) in [5, 5.41) is 2.38. The van der Waals surface area contributed by atoms with Gasteiger partial charge >= 0.3 is 0 Å². The normalized spacial score (nSPS) is 18.5. The summed E-state index contributed by atoms with van der Waals surface area (Å²) >= 11 is 0. The number of para-hydroxylation sites is 2. The van der Waals surface area contributed by atoms with Gasteiger partial charge in [-0.3, -0.25) is 4.48 Å². The molecule has 11 rings (SSSR count). The van der Waals surface area contributed by atoms with E-state index in [-0.39, 0.29) is 42.7 Å². The molecule has 346 valence electrons. The van der Waals surface area contributed by atoms with E-state index >= 15 is 0 Å². The first kappa shape index (κ1) is 47.0. The monoisotopic (exact) mass is 1060 g/mol. The third kappa shape index (κ3) is 7.58. The summed E-state index contributed by atoms with van der Waals surface area (Å²) in [7, 11) is 0. The Kier molecular flexibility index (Phi) is 11.0. The molecule has 6 aromatic carbocycles. The molecule has 0 amide bonds. The molecule has 2 atom stereocenters. The van der Waals surface area contributed by atoms with Crippen LogP contribution in [0.2, 0.25) is 0 Å². The van der Waals surface area contributed by atoms with E-state index in [0.29, 0.717) is 8.97 Å². The minimum absolute atomic E-state index is 0. The molecule has 5 heterocycles. The van der Waals surface area contributed by atoms with Crippen LogP contribution in [0.15, 0.2) is 134 Å². The number of benzene rings is 6. The van der Waals surface area contributed by atoms with Crippen molar-refractivity contribution in [3.63, 3.8) is 0 Å². The molecule has 0 radical (unpaired) electrons. The Hall–Kier alpha value is -5.12. The molecule has 0 saturated carbocycles. The van der Waals surface area contributed by atoms with Crippen LogP contribution in [0.25, 0.3) is 38.8 Å². The van der Waals surface area contributed by atoms with E-state index in [4.69, 9.17) is 4.98 Å². The molecule has 0 aliphatic carbocycles. The number of nitrogens with zero attached hydrogens (tertiary/aromatic N) is 4. The third-order valence-electron chi connectivity index (χ3n) is 14.8. The van der Waals surface area contributed by atoms with Gasteiger partial charge in [0, 0.05) is 62.2 Å². The van der Waals surface area contributed by atoms with Crippen molar-refractivity contribution in [2.75, 3.05) is 6.67 Å². The molecule has 0 unspecified atom stereocenters. The van der Waals surface area contributed by atoms with Gasteiger partial charge in [-0.05, 0) is 84.5 Å². The number of fused-ring (bicyclic) bond motifs is 3. The van der Waals surface area contributed by atoms with Crippen molar-refractivity contribution in [1.29, 1.82) is 0 Å².